The molecule has 0 amide bonds. The molecule has 0 radical (unpaired) electrons. The summed E-state index contributed by atoms with van der Waals surface area (Å²) in [5.41, 5.74) is 4.59. The highest BCUT2D eigenvalue weighted by Crippen LogP contribution is 2.27. The van der Waals surface area contributed by atoms with E-state index in [1.54, 1.807) is 5.56 Å². The molecule has 0 fully saturated rings. The minimum Gasteiger partial charge on any atom is -0.371 e. The third kappa shape index (κ3) is 3.73. The molecule has 0 unspecified atom stereocenters. The van der Waals surface area contributed by atoms with Gasteiger partial charge in [-0.05, 0) is 43.0 Å². The molecule has 1 aliphatic heterocycles. The van der Waals surface area contributed by atoms with Gasteiger partial charge in [-0.1, -0.05) is 38.8 Å². The first-order chi connectivity index (χ1) is 9.36. The monoisotopic (exact) mass is 260 g/mol. The Bertz CT molecular complexity index is 379. The van der Waals surface area contributed by atoms with Crippen LogP contribution in [0, 0.1) is 0 Å². The smallest absolute Gasteiger partial charge is 0.0402 e. The fraction of sp³-hybridized carbons (Fsp3) is 0.647. The Morgan fingerprint density at radius 2 is 1.84 bits per heavy atom. The Hall–Kier alpha value is -1.02. The highest BCUT2D eigenvalue weighted by molar-refractivity contribution is 5.57. The van der Waals surface area contributed by atoms with Gasteiger partial charge < -0.3 is 10.2 Å². The van der Waals surface area contributed by atoms with E-state index in [9.17, 15) is 0 Å². The van der Waals surface area contributed by atoms with E-state index in [0.717, 1.165) is 13.1 Å². The summed E-state index contributed by atoms with van der Waals surface area (Å²) in [5, 5.41) is 3.47. The molecule has 0 aliphatic carbocycles. The van der Waals surface area contributed by atoms with Crippen LogP contribution in [0.25, 0.3) is 0 Å². The predicted molar refractivity (Wildman–Crippen MR) is 83.9 cm³/mol. The Morgan fingerprint density at radius 1 is 1.11 bits per heavy atom. The summed E-state index contributed by atoms with van der Waals surface area (Å²) < 4.78 is 0. The molecular weight excluding hydrogens is 232 g/mol. The summed E-state index contributed by atoms with van der Waals surface area (Å²) in [5.74, 6) is 0. The second-order valence-electron chi connectivity index (χ2n) is 5.54. The van der Waals surface area contributed by atoms with Gasteiger partial charge in [-0.2, -0.15) is 0 Å². The van der Waals surface area contributed by atoms with Crippen molar-refractivity contribution in [1.82, 2.24) is 5.32 Å². The molecule has 19 heavy (non-hydrogen) atoms. The van der Waals surface area contributed by atoms with Gasteiger partial charge in [-0.3, -0.25) is 0 Å². The minimum atomic E-state index is 1.04. The van der Waals surface area contributed by atoms with Crippen LogP contribution in [-0.4, -0.2) is 19.6 Å². The number of unbranched alkanes of at least 4 members (excludes halogenated alkanes) is 2. The predicted octanol–water partition coefficient (Wildman–Crippen LogP) is 3.74. The third-order valence-corrected chi connectivity index (χ3v) is 4.02. The molecule has 1 aromatic carbocycles. The van der Waals surface area contributed by atoms with Gasteiger partial charge in [0, 0.05) is 25.3 Å². The summed E-state index contributed by atoms with van der Waals surface area (Å²) in [6.45, 7) is 9.14. The molecule has 0 aromatic heterocycles. The number of benzene rings is 1. The molecule has 2 rings (SSSR count). The Labute approximate surface area is 118 Å². The molecule has 2 nitrogen and oxygen atoms in total. The SMILES string of the molecule is CCCCN(CCCC)c1cccc2c1CCNC2. The highest BCUT2D eigenvalue weighted by Gasteiger charge is 2.16. The van der Waals surface area contributed by atoms with Gasteiger partial charge in [0.15, 0.2) is 0 Å². The average Bonchev–Trinajstić information content (AvgIpc) is 2.47. The van der Waals surface area contributed by atoms with Gasteiger partial charge in [0.25, 0.3) is 0 Å². The van der Waals surface area contributed by atoms with E-state index in [0.29, 0.717) is 0 Å². The largest absolute Gasteiger partial charge is 0.371 e. The van der Waals surface area contributed by atoms with Gasteiger partial charge in [-0.25, -0.2) is 0 Å². The molecule has 1 aliphatic rings. The summed E-state index contributed by atoms with van der Waals surface area (Å²) in [7, 11) is 0. The van der Waals surface area contributed by atoms with Crippen LogP contribution in [0.2, 0.25) is 0 Å². The highest BCUT2D eigenvalue weighted by atomic mass is 15.1. The van der Waals surface area contributed by atoms with E-state index in [2.05, 4.69) is 42.3 Å². The maximum Gasteiger partial charge on any atom is 0.0402 e. The molecule has 0 atom stereocenters. The first-order valence-electron chi connectivity index (χ1n) is 7.93. The fourth-order valence-electron chi connectivity index (χ4n) is 2.86. The van der Waals surface area contributed by atoms with E-state index in [1.165, 1.54) is 56.4 Å². The molecule has 1 heterocycles. The lowest BCUT2D eigenvalue weighted by molar-refractivity contribution is 0.632. The molecule has 106 valence electrons. The lowest BCUT2D eigenvalue weighted by atomic mass is 9.98. The number of nitrogens with zero attached hydrogens (tertiary/aromatic N) is 1. The van der Waals surface area contributed by atoms with Gasteiger partial charge in [0.05, 0.1) is 0 Å². The number of fused-ring (bicyclic) bond motifs is 1. The Morgan fingerprint density at radius 3 is 2.53 bits per heavy atom. The minimum absolute atomic E-state index is 1.04. The topological polar surface area (TPSA) is 15.3 Å². The number of anilines is 1. The zero-order valence-electron chi connectivity index (χ0n) is 12.5. The van der Waals surface area contributed by atoms with Crippen LogP contribution < -0.4 is 10.2 Å². The molecule has 1 aromatic rings. The molecular formula is C17H28N2. The van der Waals surface area contributed by atoms with Crippen LogP contribution >= 0.6 is 0 Å². The van der Waals surface area contributed by atoms with Gasteiger partial charge in [0.2, 0.25) is 0 Å². The zero-order chi connectivity index (χ0) is 13.5. The van der Waals surface area contributed by atoms with Crippen molar-refractivity contribution >= 4 is 5.69 Å². The molecule has 0 bridgehead atoms. The fourth-order valence-corrected chi connectivity index (χ4v) is 2.86. The van der Waals surface area contributed by atoms with Gasteiger partial charge in [-0.15, -0.1) is 0 Å². The quantitative estimate of drug-likeness (QED) is 0.803. The lowest BCUT2D eigenvalue weighted by Gasteiger charge is -2.30. The standard InChI is InChI=1S/C17H28N2/c1-3-5-12-19(13-6-4-2)17-9-7-8-15-14-18-11-10-16(15)17/h7-9,18H,3-6,10-14H2,1-2H3. The number of rotatable bonds is 7. The van der Waals surface area contributed by atoms with E-state index < -0.39 is 0 Å². The van der Waals surface area contributed by atoms with Crippen LogP contribution in [0.15, 0.2) is 18.2 Å². The van der Waals surface area contributed by atoms with E-state index in [4.69, 9.17) is 0 Å². The lowest BCUT2D eigenvalue weighted by Crippen LogP contribution is -2.30. The first kappa shape index (κ1) is 14.4. The van der Waals surface area contributed by atoms with Crippen LogP contribution in [0.5, 0.6) is 0 Å². The first-order valence-corrected chi connectivity index (χ1v) is 7.93. The number of nitrogens with one attached hydrogen (secondary N) is 1. The second kappa shape index (κ2) is 7.54. The normalized spacial score (nSPS) is 14.2. The van der Waals surface area contributed by atoms with Crippen molar-refractivity contribution in [3.63, 3.8) is 0 Å². The summed E-state index contributed by atoms with van der Waals surface area (Å²) >= 11 is 0. The van der Waals surface area contributed by atoms with E-state index >= 15 is 0 Å². The van der Waals surface area contributed by atoms with Gasteiger partial charge in [0.1, 0.15) is 0 Å². The molecule has 1 N–H and O–H groups in total. The summed E-state index contributed by atoms with van der Waals surface area (Å²) in [6.07, 6.45) is 6.33. The van der Waals surface area contributed by atoms with Crippen molar-refractivity contribution in [2.45, 2.75) is 52.5 Å². The third-order valence-electron chi connectivity index (χ3n) is 4.02. The van der Waals surface area contributed by atoms with Crippen molar-refractivity contribution < 1.29 is 0 Å². The molecule has 2 heteroatoms. The van der Waals surface area contributed by atoms with Crippen molar-refractivity contribution in [3.05, 3.63) is 29.3 Å². The van der Waals surface area contributed by atoms with Crippen LogP contribution in [0.1, 0.15) is 50.7 Å². The van der Waals surface area contributed by atoms with Crippen LogP contribution in [-0.2, 0) is 13.0 Å². The maximum absolute atomic E-state index is 3.47. The second-order valence-corrected chi connectivity index (χ2v) is 5.54. The molecule has 0 saturated carbocycles. The van der Waals surface area contributed by atoms with E-state index in [1.807, 2.05) is 0 Å². The Balaban J connectivity index is 2.19. The Kier molecular flexibility index (Phi) is 5.71. The summed E-state index contributed by atoms with van der Waals surface area (Å²) in [6, 6.07) is 6.84. The van der Waals surface area contributed by atoms with E-state index in [-0.39, 0.29) is 0 Å². The van der Waals surface area contributed by atoms with Gasteiger partial charge >= 0.3 is 0 Å². The molecule has 0 spiro atoms. The average molecular weight is 260 g/mol. The van der Waals surface area contributed by atoms with Crippen LogP contribution in [0.3, 0.4) is 0 Å². The van der Waals surface area contributed by atoms with Crippen molar-refractivity contribution in [1.29, 1.82) is 0 Å². The maximum atomic E-state index is 3.47. The number of hydrogen-bond acceptors (Lipinski definition) is 2. The number of hydrogen-bond donors (Lipinski definition) is 1. The van der Waals surface area contributed by atoms with Crippen LogP contribution in [0.4, 0.5) is 5.69 Å². The molecule has 0 saturated heterocycles. The van der Waals surface area contributed by atoms with Crippen molar-refractivity contribution in [2.24, 2.45) is 0 Å². The zero-order valence-corrected chi connectivity index (χ0v) is 12.5. The van der Waals surface area contributed by atoms with Crippen molar-refractivity contribution in [3.8, 4) is 0 Å². The van der Waals surface area contributed by atoms with Crippen molar-refractivity contribution in [2.75, 3.05) is 24.5 Å². The summed E-state index contributed by atoms with van der Waals surface area (Å²) in [4.78, 5) is 2.62.